The Morgan fingerprint density at radius 2 is 1.83 bits per heavy atom. The normalized spacial score (nSPS) is 12.6. The van der Waals surface area contributed by atoms with Gasteiger partial charge in [-0.2, -0.15) is 0 Å². The van der Waals surface area contributed by atoms with E-state index in [1.54, 1.807) is 6.92 Å². The molecule has 96 valence electrons. The Balaban J connectivity index is 0.00000289. The van der Waals surface area contributed by atoms with E-state index in [1.165, 1.54) is 24.3 Å². The smallest absolute Gasteiger partial charge is 0.768 e. The molecule has 0 heterocycles. The molecule has 0 saturated heterocycles. The molecule has 0 saturated carbocycles. The maximum absolute atomic E-state index is 11.2. The standard InChI is InChI=1S/C10H14O5S2.Na/c1-2-17(13,14)8-7-15-9-3-5-10(6-4-9)16(11)12;/h3-6H,2,7-8H2,1H3,(H,11,12);/q;+1/p-1. The van der Waals surface area contributed by atoms with Gasteiger partial charge < -0.3 is 9.29 Å². The van der Waals surface area contributed by atoms with Crippen molar-refractivity contribution >= 4 is 20.9 Å². The number of rotatable bonds is 6. The summed E-state index contributed by atoms with van der Waals surface area (Å²) in [7, 11) is -3.03. The summed E-state index contributed by atoms with van der Waals surface area (Å²) in [6.45, 7) is 1.64. The fourth-order valence-electron chi connectivity index (χ4n) is 1.08. The molecule has 0 bridgehead atoms. The van der Waals surface area contributed by atoms with Crippen LogP contribution in [0.15, 0.2) is 29.2 Å². The molecule has 0 fully saturated rings. The van der Waals surface area contributed by atoms with E-state index >= 15 is 0 Å². The van der Waals surface area contributed by atoms with Crippen molar-refractivity contribution < 1.29 is 51.5 Å². The van der Waals surface area contributed by atoms with Crippen molar-refractivity contribution in [2.24, 2.45) is 0 Å². The van der Waals surface area contributed by atoms with Crippen LogP contribution in [0.1, 0.15) is 6.92 Å². The van der Waals surface area contributed by atoms with Crippen LogP contribution in [0.3, 0.4) is 0 Å². The Morgan fingerprint density at radius 1 is 1.28 bits per heavy atom. The molecule has 0 aromatic heterocycles. The van der Waals surface area contributed by atoms with Crippen LogP contribution in [-0.4, -0.2) is 35.3 Å². The van der Waals surface area contributed by atoms with E-state index in [4.69, 9.17) is 4.74 Å². The predicted octanol–water partition coefficient (Wildman–Crippen LogP) is -2.26. The van der Waals surface area contributed by atoms with Gasteiger partial charge in [0.1, 0.15) is 12.4 Å². The van der Waals surface area contributed by atoms with Crippen molar-refractivity contribution in [3.8, 4) is 5.75 Å². The molecule has 0 N–H and O–H groups in total. The van der Waals surface area contributed by atoms with Crippen LogP contribution in [-0.2, 0) is 20.9 Å². The summed E-state index contributed by atoms with van der Waals surface area (Å²) in [5, 5.41) is 0. The van der Waals surface area contributed by atoms with E-state index in [9.17, 15) is 17.2 Å². The number of hydrogen-bond acceptors (Lipinski definition) is 5. The van der Waals surface area contributed by atoms with Gasteiger partial charge in [-0.1, -0.05) is 6.92 Å². The summed E-state index contributed by atoms with van der Waals surface area (Å²) in [4.78, 5) is 0.165. The molecule has 0 aliphatic rings. The number of benzene rings is 1. The van der Waals surface area contributed by atoms with Gasteiger partial charge >= 0.3 is 29.6 Å². The van der Waals surface area contributed by atoms with Crippen molar-refractivity contribution in [3.05, 3.63) is 24.3 Å². The second-order valence-electron chi connectivity index (χ2n) is 3.29. The Kier molecular flexibility index (Phi) is 8.33. The van der Waals surface area contributed by atoms with Crippen LogP contribution in [0.25, 0.3) is 0 Å². The summed E-state index contributed by atoms with van der Waals surface area (Å²) in [6, 6.07) is 5.77. The van der Waals surface area contributed by atoms with Crippen molar-refractivity contribution in [1.82, 2.24) is 0 Å². The number of sulfone groups is 1. The zero-order valence-electron chi connectivity index (χ0n) is 10.3. The van der Waals surface area contributed by atoms with Gasteiger partial charge in [0.05, 0.1) is 5.75 Å². The van der Waals surface area contributed by atoms with E-state index < -0.39 is 20.9 Å². The number of ether oxygens (including phenoxy) is 1. The SMILES string of the molecule is CCS(=O)(=O)CCOc1ccc(S(=O)[O-])cc1.[Na+]. The van der Waals surface area contributed by atoms with Gasteiger partial charge in [-0.3, -0.25) is 4.21 Å². The molecule has 0 radical (unpaired) electrons. The Morgan fingerprint density at radius 3 is 2.28 bits per heavy atom. The molecule has 1 rings (SSSR count). The van der Waals surface area contributed by atoms with E-state index in [0.29, 0.717) is 5.75 Å². The van der Waals surface area contributed by atoms with Crippen molar-refractivity contribution in [3.63, 3.8) is 0 Å². The molecule has 0 spiro atoms. The second-order valence-corrected chi connectivity index (χ2v) is 6.70. The molecule has 18 heavy (non-hydrogen) atoms. The zero-order chi connectivity index (χ0) is 12.9. The fraction of sp³-hybridized carbons (Fsp3) is 0.400. The largest absolute Gasteiger partial charge is 1.00 e. The Bertz CT molecular complexity index is 483. The molecule has 0 aliphatic carbocycles. The van der Waals surface area contributed by atoms with Gasteiger partial charge in [0, 0.05) is 10.6 Å². The molecule has 8 heteroatoms. The van der Waals surface area contributed by atoms with Gasteiger partial charge in [-0.15, -0.1) is 0 Å². The van der Waals surface area contributed by atoms with Crippen LogP contribution in [0.5, 0.6) is 5.75 Å². The zero-order valence-corrected chi connectivity index (χ0v) is 13.9. The van der Waals surface area contributed by atoms with Crippen LogP contribution >= 0.6 is 0 Å². The van der Waals surface area contributed by atoms with Crippen molar-refractivity contribution in [2.45, 2.75) is 11.8 Å². The first kappa shape index (κ1) is 18.1. The first-order valence-electron chi connectivity index (χ1n) is 4.97. The minimum absolute atomic E-state index is 0. The van der Waals surface area contributed by atoms with Gasteiger partial charge in [0.2, 0.25) is 0 Å². The average Bonchev–Trinajstić information content (AvgIpc) is 2.29. The fourth-order valence-corrected chi connectivity index (χ4v) is 2.06. The number of hydrogen-bond donors (Lipinski definition) is 0. The minimum atomic E-state index is -3.03. The molecule has 0 amide bonds. The van der Waals surface area contributed by atoms with E-state index in [-0.39, 0.29) is 52.6 Å². The Labute approximate surface area is 131 Å². The van der Waals surface area contributed by atoms with Crippen molar-refractivity contribution in [1.29, 1.82) is 0 Å². The van der Waals surface area contributed by atoms with Gasteiger partial charge in [0.15, 0.2) is 9.84 Å². The average molecular weight is 300 g/mol. The third-order valence-corrected chi connectivity index (χ3v) is 4.44. The predicted molar refractivity (Wildman–Crippen MR) is 63.5 cm³/mol. The Hall–Kier alpha value is 0.0800. The van der Waals surface area contributed by atoms with Crippen LogP contribution in [0.2, 0.25) is 0 Å². The molecule has 1 atom stereocenters. The van der Waals surface area contributed by atoms with Crippen LogP contribution in [0, 0.1) is 0 Å². The maximum atomic E-state index is 11.2. The monoisotopic (exact) mass is 300 g/mol. The third-order valence-electron chi connectivity index (χ3n) is 2.12. The van der Waals surface area contributed by atoms with E-state index in [1.807, 2.05) is 0 Å². The quantitative estimate of drug-likeness (QED) is 0.437. The minimum Gasteiger partial charge on any atom is -0.768 e. The summed E-state index contributed by atoms with van der Waals surface area (Å²) < 4.78 is 48.7. The van der Waals surface area contributed by atoms with Gasteiger partial charge in [-0.25, -0.2) is 8.42 Å². The molecule has 1 aromatic rings. The van der Waals surface area contributed by atoms with Crippen molar-refractivity contribution in [2.75, 3.05) is 18.1 Å². The van der Waals surface area contributed by atoms with E-state index in [0.717, 1.165) is 0 Å². The molecule has 1 aromatic carbocycles. The summed E-state index contributed by atoms with van der Waals surface area (Å²) in [5.41, 5.74) is 0. The summed E-state index contributed by atoms with van der Waals surface area (Å²) >= 11 is -2.26. The third kappa shape index (κ3) is 6.31. The summed E-state index contributed by atoms with van der Waals surface area (Å²) in [6.07, 6.45) is 0. The van der Waals surface area contributed by atoms with Crippen LogP contribution in [0.4, 0.5) is 0 Å². The first-order chi connectivity index (χ1) is 7.94. The van der Waals surface area contributed by atoms with E-state index in [2.05, 4.69) is 0 Å². The molecular weight excluding hydrogens is 287 g/mol. The molecule has 1 unspecified atom stereocenters. The van der Waals surface area contributed by atoms with Gasteiger partial charge in [-0.05, 0) is 35.3 Å². The second kappa shape index (κ2) is 8.29. The van der Waals surface area contributed by atoms with Crippen LogP contribution < -0.4 is 34.3 Å². The maximum Gasteiger partial charge on any atom is 1.00 e. The van der Waals surface area contributed by atoms with Gasteiger partial charge in [0.25, 0.3) is 0 Å². The molecular formula is C10H13NaO5S2. The first-order valence-corrected chi connectivity index (χ1v) is 7.87. The topological polar surface area (TPSA) is 83.5 Å². The molecule has 5 nitrogen and oxygen atoms in total. The molecule has 0 aliphatic heterocycles. The summed E-state index contributed by atoms with van der Waals surface area (Å²) in [5.74, 6) is 0.494.